The minimum atomic E-state index is -0.0350. The van der Waals surface area contributed by atoms with Gasteiger partial charge in [-0.15, -0.1) is 0 Å². The molecule has 1 aliphatic rings. The molecule has 0 aromatic carbocycles. The standard InChI is InChI=1S/C14H28N2O/c1-4-14(3,5-2)16-13(17)12-8-6-7-11(9-12)10-15/h11-12H,4-10,15H2,1-3H3,(H,16,17). The van der Waals surface area contributed by atoms with Crippen LogP contribution in [0.15, 0.2) is 0 Å². The van der Waals surface area contributed by atoms with Crippen LogP contribution in [-0.2, 0) is 4.79 Å². The highest BCUT2D eigenvalue weighted by atomic mass is 16.2. The smallest absolute Gasteiger partial charge is 0.223 e. The van der Waals surface area contributed by atoms with Gasteiger partial charge < -0.3 is 11.1 Å². The summed E-state index contributed by atoms with van der Waals surface area (Å²) in [5.74, 6) is 0.984. The van der Waals surface area contributed by atoms with Gasteiger partial charge in [0.2, 0.25) is 5.91 Å². The topological polar surface area (TPSA) is 55.1 Å². The van der Waals surface area contributed by atoms with Crippen LogP contribution in [0.4, 0.5) is 0 Å². The van der Waals surface area contributed by atoms with E-state index in [9.17, 15) is 4.79 Å². The van der Waals surface area contributed by atoms with E-state index in [-0.39, 0.29) is 17.4 Å². The molecule has 0 radical (unpaired) electrons. The first kappa shape index (κ1) is 14.5. The zero-order valence-corrected chi connectivity index (χ0v) is 11.6. The second-order valence-corrected chi connectivity index (χ2v) is 5.72. The molecule has 0 aliphatic heterocycles. The number of nitrogens with two attached hydrogens (primary N) is 1. The summed E-state index contributed by atoms with van der Waals surface area (Å²) in [7, 11) is 0. The molecule has 2 unspecified atom stereocenters. The third-order valence-corrected chi connectivity index (χ3v) is 4.47. The van der Waals surface area contributed by atoms with E-state index in [0.717, 1.165) is 38.6 Å². The van der Waals surface area contributed by atoms with Crippen molar-refractivity contribution in [3.8, 4) is 0 Å². The number of carbonyl (C=O) groups excluding carboxylic acids is 1. The molecule has 0 spiro atoms. The number of nitrogens with one attached hydrogen (secondary N) is 1. The van der Waals surface area contributed by atoms with Gasteiger partial charge in [0.25, 0.3) is 0 Å². The molecule has 3 heteroatoms. The average Bonchev–Trinajstić information content (AvgIpc) is 2.38. The molecule has 0 bridgehead atoms. The highest BCUT2D eigenvalue weighted by Gasteiger charge is 2.30. The van der Waals surface area contributed by atoms with Crippen LogP contribution in [0.5, 0.6) is 0 Å². The third kappa shape index (κ3) is 3.98. The number of rotatable bonds is 5. The summed E-state index contributed by atoms with van der Waals surface area (Å²) in [4.78, 5) is 12.2. The summed E-state index contributed by atoms with van der Waals surface area (Å²) >= 11 is 0. The van der Waals surface area contributed by atoms with Crippen LogP contribution in [-0.4, -0.2) is 18.0 Å². The molecule has 17 heavy (non-hydrogen) atoms. The van der Waals surface area contributed by atoms with Gasteiger partial charge in [-0.1, -0.05) is 20.3 Å². The molecule has 3 nitrogen and oxygen atoms in total. The molecule has 1 aliphatic carbocycles. The van der Waals surface area contributed by atoms with E-state index in [1.807, 2.05) is 0 Å². The van der Waals surface area contributed by atoms with Crippen molar-refractivity contribution in [2.24, 2.45) is 17.6 Å². The van der Waals surface area contributed by atoms with E-state index in [4.69, 9.17) is 5.73 Å². The van der Waals surface area contributed by atoms with E-state index in [2.05, 4.69) is 26.1 Å². The Morgan fingerprint density at radius 1 is 1.35 bits per heavy atom. The molecule has 1 rings (SSSR count). The highest BCUT2D eigenvalue weighted by Crippen LogP contribution is 2.29. The fourth-order valence-electron chi connectivity index (χ4n) is 2.57. The summed E-state index contributed by atoms with van der Waals surface area (Å²) in [5, 5.41) is 3.23. The second-order valence-electron chi connectivity index (χ2n) is 5.72. The molecule has 1 amide bonds. The van der Waals surface area contributed by atoms with Gasteiger partial charge in [-0.25, -0.2) is 0 Å². The molecular weight excluding hydrogens is 212 g/mol. The number of hydrogen-bond donors (Lipinski definition) is 2. The third-order valence-electron chi connectivity index (χ3n) is 4.47. The SMILES string of the molecule is CCC(C)(CC)NC(=O)C1CCCC(CN)C1. The second kappa shape index (κ2) is 6.39. The largest absolute Gasteiger partial charge is 0.351 e. The van der Waals surface area contributed by atoms with E-state index >= 15 is 0 Å². The van der Waals surface area contributed by atoms with Gasteiger partial charge in [-0.05, 0) is 51.5 Å². The molecule has 1 saturated carbocycles. The average molecular weight is 240 g/mol. The molecule has 100 valence electrons. The quantitative estimate of drug-likeness (QED) is 0.775. The Morgan fingerprint density at radius 3 is 2.53 bits per heavy atom. The zero-order chi connectivity index (χ0) is 12.9. The van der Waals surface area contributed by atoms with Crippen molar-refractivity contribution in [1.29, 1.82) is 0 Å². The van der Waals surface area contributed by atoms with Crippen LogP contribution in [0.3, 0.4) is 0 Å². The fraction of sp³-hybridized carbons (Fsp3) is 0.929. The molecule has 3 N–H and O–H groups in total. The fourth-order valence-corrected chi connectivity index (χ4v) is 2.57. The van der Waals surface area contributed by atoms with Crippen molar-refractivity contribution in [3.05, 3.63) is 0 Å². The van der Waals surface area contributed by atoms with Crippen LogP contribution in [0, 0.1) is 11.8 Å². The highest BCUT2D eigenvalue weighted by molar-refractivity contribution is 5.79. The van der Waals surface area contributed by atoms with Gasteiger partial charge in [0.15, 0.2) is 0 Å². The number of hydrogen-bond acceptors (Lipinski definition) is 2. The minimum absolute atomic E-state index is 0.0350. The predicted molar refractivity (Wildman–Crippen MR) is 71.6 cm³/mol. The summed E-state index contributed by atoms with van der Waals surface area (Å²) in [6.45, 7) is 7.12. The molecule has 0 heterocycles. The van der Waals surface area contributed by atoms with Gasteiger partial charge in [0.1, 0.15) is 0 Å². The Kier molecular flexibility index (Phi) is 5.44. The van der Waals surface area contributed by atoms with Crippen molar-refractivity contribution < 1.29 is 4.79 Å². The number of amides is 1. The molecule has 2 atom stereocenters. The lowest BCUT2D eigenvalue weighted by molar-refractivity contribution is -0.128. The molecule has 0 aromatic heterocycles. The van der Waals surface area contributed by atoms with Crippen LogP contribution in [0.1, 0.15) is 59.3 Å². The van der Waals surface area contributed by atoms with Crippen LogP contribution >= 0.6 is 0 Å². The Hall–Kier alpha value is -0.570. The lowest BCUT2D eigenvalue weighted by Gasteiger charge is -2.33. The Balaban J connectivity index is 2.52. The van der Waals surface area contributed by atoms with Crippen molar-refractivity contribution >= 4 is 5.91 Å². The molecular formula is C14H28N2O. The minimum Gasteiger partial charge on any atom is -0.351 e. The Morgan fingerprint density at radius 2 is 2.00 bits per heavy atom. The van der Waals surface area contributed by atoms with Gasteiger partial charge in [-0.3, -0.25) is 4.79 Å². The first-order chi connectivity index (χ1) is 8.04. The van der Waals surface area contributed by atoms with E-state index in [1.54, 1.807) is 0 Å². The first-order valence-corrected chi connectivity index (χ1v) is 7.06. The normalized spacial score (nSPS) is 25.6. The van der Waals surface area contributed by atoms with Crippen molar-refractivity contribution in [1.82, 2.24) is 5.32 Å². The Labute approximate surface area is 106 Å². The summed E-state index contributed by atoms with van der Waals surface area (Å²) < 4.78 is 0. The lowest BCUT2D eigenvalue weighted by atomic mass is 9.80. The van der Waals surface area contributed by atoms with Crippen LogP contribution in [0.25, 0.3) is 0 Å². The first-order valence-electron chi connectivity index (χ1n) is 7.06. The van der Waals surface area contributed by atoms with Crippen molar-refractivity contribution in [2.45, 2.75) is 64.8 Å². The number of carbonyl (C=O) groups is 1. The predicted octanol–water partition coefficient (Wildman–Crippen LogP) is 2.45. The maximum absolute atomic E-state index is 12.2. The van der Waals surface area contributed by atoms with E-state index in [1.165, 1.54) is 6.42 Å². The van der Waals surface area contributed by atoms with Gasteiger partial charge in [0, 0.05) is 11.5 Å². The maximum Gasteiger partial charge on any atom is 0.223 e. The van der Waals surface area contributed by atoms with Gasteiger partial charge in [-0.2, -0.15) is 0 Å². The van der Waals surface area contributed by atoms with Crippen LogP contribution < -0.4 is 11.1 Å². The maximum atomic E-state index is 12.2. The van der Waals surface area contributed by atoms with E-state index in [0.29, 0.717) is 5.92 Å². The summed E-state index contributed by atoms with van der Waals surface area (Å²) in [6.07, 6.45) is 6.33. The Bertz CT molecular complexity index is 249. The van der Waals surface area contributed by atoms with Gasteiger partial charge in [0.05, 0.1) is 0 Å². The zero-order valence-electron chi connectivity index (χ0n) is 11.6. The molecule has 0 aromatic rings. The lowest BCUT2D eigenvalue weighted by Crippen LogP contribution is -2.48. The van der Waals surface area contributed by atoms with Crippen molar-refractivity contribution in [3.63, 3.8) is 0 Å². The molecule has 1 fully saturated rings. The summed E-state index contributed by atoms with van der Waals surface area (Å²) in [6, 6.07) is 0. The van der Waals surface area contributed by atoms with Crippen LogP contribution in [0.2, 0.25) is 0 Å². The monoisotopic (exact) mass is 240 g/mol. The van der Waals surface area contributed by atoms with Crippen molar-refractivity contribution in [2.75, 3.05) is 6.54 Å². The summed E-state index contributed by atoms with van der Waals surface area (Å²) in [5.41, 5.74) is 5.68. The molecule has 0 saturated heterocycles. The van der Waals surface area contributed by atoms with E-state index < -0.39 is 0 Å². The van der Waals surface area contributed by atoms with Gasteiger partial charge >= 0.3 is 0 Å².